The van der Waals surface area contributed by atoms with E-state index >= 15 is 0 Å². The maximum Gasteiger partial charge on any atom is 0.0547 e. The van der Waals surface area contributed by atoms with Crippen LogP contribution < -0.4 is 5.32 Å². The Balaban J connectivity index is 1.88. The van der Waals surface area contributed by atoms with E-state index in [1.54, 1.807) is 0 Å². The van der Waals surface area contributed by atoms with Gasteiger partial charge >= 0.3 is 0 Å². The van der Waals surface area contributed by atoms with Gasteiger partial charge in [-0.1, -0.05) is 19.9 Å². The first kappa shape index (κ1) is 13.5. The molecular weight excluding hydrogens is 222 g/mol. The van der Waals surface area contributed by atoms with Gasteiger partial charge in [-0.3, -0.25) is 9.88 Å². The van der Waals surface area contributed by atoms with Gasteiger partial charge < -0.3 is 5.32 Å². The van der Waals surface area contributed by atoms with Crippen LogP contribution in [0.3, 0.4) is 0 Å². The normalized spacial score (nSPS) is 18.1. The highest BCUT2D eigenvalue weighted by Crippen LogP contribution is 2.17. The molecular formula is C15H25N3. The molecule has 0 amide bonds. The number of nitrogens with zero attached hydrogens (tertiary/aromatic N) is 2. The summed E-state index contributed by atoms with van der Waals surface area (Å²) in [5.41, 5.74) is 2.36. The smallest absolute Gasteiger partial charge is 0.0547 e. The predicted octanol–water partition coefficient (Wildman–Crippen LogP) is 2.42. The van der Waals surface area contributed by atoms with Crippen molar-refractivity contribution >= 4 is 0 Å². The molecule has 3 nitrogen and oxygen atoms in total. The van der Waals surface area contributed by atoms with Crippen LogP contribution in [0.4, 0.5) is 0 Å². The maximum absolute atomic E-state index is 4.72. The zero-order chi connectivity index (χ0) is 12.8. The van der Waals surface area contributed by atoms with Crippen molar-refractivity contribution in [3.8, 4) is 0 Å². The molecule has 0 aliphatic carbocycles. The zero-order valence-electron chi connectivity index (χ0n) is 11.7. The second-order valence-electron chi connectivity index (χ2n) is 5.36. The molecule has 1 N–H and O–H groups in total. The molecule has 1 aliphatic heterocycles. The van der Waals surface area contributed by atoms with Crippen LogP contribution in [0.25, 0.3) is 0 Å². The molecule has 1 aromatic heterocycles. The van der Waals surface area contributed by atoms with Crippen molar-refractivity contribution in [2.45, 2.75) is 39.8 Å². The van der Waals surface area contributed by atoms with Crippen molar-refractivity contribution in [3.63, 3.8) is 0 Å². The first-order valence-corrected chi connectivity index (χ1v) is 7.16. The van der Waals surface area contributed by atoms with Crippen molar-refractivity contribution in [2.24, 2.45) is 5.92 Å². The largest absolute Gasteiger partial charge is 0.311 e. The lowest BCUT2D eigenvalue weighted by atomic mass is 9.99. The Labute approximate surface area is 111 Å². The fourth-order valence-electron chi connectivity index (χ4n) is 2.42. The lowest BCUT2D eigenvalue weighted by molar-refractivity contribution is 0.183. The first-order valence-electron chi connectivity index (χ1n) is 7.16. The molecule has 0 saturated carbocycles. The monoisotopic (exact) mass is 247 g/mol. The zero-order valence-corrected chi connectivity index (χ0v) is 11.7. The van der Waals surface area contributed by atoms with E-state index < -0.39 is 0 Å². The van der Waals surface area contributed by atoms with Gasteiger partial charge in [0, 0.05) is 13.1 Å². The van der Waals surface area contributed by atoms with E-state index in [0.29, 0.717) is 0 Å². The van der Waals surface area contributed by atoms with Crippen LogP contribution in [0.5, 0.6) is 0 Å². The summed E-state index contributed by atoms with van der Waals surface area (Å²) in [6.45, 7) is 9.80. The molecule has 0 aromatic carbocycles. The molecule has 0 bridgehead atoms. The second kappa shape index (κ2) is 6.86. The molecule has 18 heavy (non-hydrogen) atoms. The van der Waals surface area contributed by atoms with E-state index in [4.69, 9.17) is 4.98 Å². The van der Waals surface area contributed by atoms with Crippen molar-refractivity contribution in [3.05, 3.63) is 29.6 Å². The van der Waals surface area contributed by atoms with Gasteiger partial charge in [0.2, 0.25) is 0 Å². The highest BCUT2D eigenvalue weighted by molar-refractivity contribution is 5.11. The standard InChI is InChI=1S/C15H25N3/c1-3-16-11-14-5-4-6-15(17-14)12-18-9-7-13(2)8-10-18/h4-6,13,16H,3,7-12H2,1-2H3. The van der Waals surface area contributed by atoms with Crippen molar-refractivity contribution < 1.29 is 0 Å². The van der Waals surface area contributed by atoms with E-state index in [-0.39, 0.29) is 0 Å². The number of piperidine rings is 1. The SMILES string of the molecule is CCNCc1cccc(CN2CCC(C)CC2)n1. The van der Waals surface area contributed by atoms with Crippen molar-refractivity contribution in [1.29, 1.82) is 0 Å². The quantitative estimate of drug-likeness (QED) is 0.866. The van der Waals surface area contributed by atoms with E-state index in [0.717, 1.165) is 31.2 Å². The van der Waals surface area contributed by atoms with Gasteiger partial charge in [-0.25, -0.2) is 0 Å². The summed E-state index contributed by atoms with van der Waals surface area (Å²) in [4.78, 5) is 7.25. The number of likely N-dealkylation sites (tertiary alicyclic amines) is 1. The molecule has 0 radical (unpaired) electrons. The molecule has 2 rings (SSSR count). The molecule has 1 aromatic rings. The maximum atomic E-state index is 4.72. The molecule has 1 aliphatic rings. The van der Waals surface area contributed by atoms with Crippen LogP contribution >= 0.6 is 0 Å². The summed E-state index contributed by atoms with van der Waals surface area (Å²) in [5, 5.41) is 3.33. The third kappa shape index (κ3) is 4.07. The molecule has 2 heterocycles. The Bertz CT molecular complexity index is 357. The number of hydrogen-bond acceptors (Lipinski definition) is 3. The Kier molecular flexibility index (Phi) is 5.14. The van der Waals surface area contributed by atoms with Crippen LogP contribution in [0.1, 0.15) is 38.1 Å². The Morgan fingerprint density at radius 3 is 2.72 bits per heavy atom. The molecule has 0 spiro atoms. The Morgan fingerprint density at radius 2 is 2.00 bits per heavy atom. The summed E-state index contributed by atoms with van der Waals surface area (Å²) in [5.74, 6) is 0.897. The first-order chi connectivity index (χ1) is 8.78. The number of nitrogens with one attached hydrogen (secondary N) is 1. The summed E-state index contributed by atoms with van der Waals surface area (Å²) in [7, 11) is 0. The number of aromatic nitrogens is 1. The Hall–Kier alpha value is -0.930. The fourth-order valence-corrected chi connectivity index (χ4v) is 2.42. The molecule has 1 fully saturated rings. The lowest BCUT2D eigenvalue weighted by Gasteiger charge is -2.29. The summed E-state index contributed by atoms with van der Waals surface area (Å²) >= 11 is 0. The van der Waals surface area contributed by atoms with E-state index in [1.165, 1.54) is 31.6 Å². The summed E-state index contributed by atoms with van der Waals surface area (Å²) < 4.78 is 0. The second-order valence-corrected chi connectivity index (χ2v) is 5.36. The fraction of sp³-hybridized carbons (Fsp3) is 0.667. The number of hydrogen-bond donors (Lipinski definition) is 1. The van der Waals surface area contributed by atoms with Gasteiger partial charge in [0.1, 0.15) is 0 Å². The minimum Gasteiger partial charge on any atom is -0.311 e. The Morgan fingerprint density at radius 1 is 1.28 bits per heavy atom. The average Bonchev–Trinajstić information content (AvgIpc) is 2.40. The van der Waals surface area contributed by atoms with Crippen molar-refractivity contribution in [2.75, 3.05) is 19.6 Å². The van der Waals surface area contributed by atoms with Crippen LogP contribution in [-0.4, -0.2) is 29.5 Å². The molecule has 100 valence electrons. The van der Waals surface area contributed by atoms with Gasteiger partial charge in [-0.15, -0.1) is 0 Å². The number of rotatable bonds is 5. The lowest BCUT2D eigenvalue weighted by Crippen LogP contribution is -2.32. The predicted molar refractivity (Wildman–Crippen MR) is 75.3 cm³/mol. The van der Waals surface area contributed by atoms with Gasteiger partial charge in [0.15, 0.2) is 0 Å². The molecule has 3 heteroatoms. The van der Waals surface area contributed by atoms with Gasteiger partial charge in [-0.05, 0) is 50.5 Å². The van der Waals surface area contributed by atoms with Gasteiger partial charge in [0.05, 0.1) is 11.4 Å². The third-order valence-corrected chi connectivity index (χ3v) is 3.68. The molecule has 1 saturated heterocycles. The van der Waals surface area contributed by atoms with Gasteiger partial charge in [-0.2, -0.15) is 0 Å². The summed E-state index contributed by atoms with van der Waals surface area (Å²) in [6.07, 6.45) is 2.66. The highest BCUT2D eigenvalue weighted by atomic mass is 15.1. The van der Waals surface area contributed by atoms with Crippen LogP contribution in [0.15, 0.2) is 18.2 Å². The van der Waals surface area contributed by atoms with Crippen LogP contribution in [0, 0.1) is 5.92 Å². The number of pyridine rings is 1. The van der Waals surface area contributed by atoms with E-state index in [1.807, 2.05) is 0 Å². The minimum absolute atomic E-state index is 0.876. The van der Waals surface area contributed by atoms with Crippen molar-refractivity contribution in [1.82, 2.24) is 15.2 Å². The van der Waals surface area contributed by atoms with Crippen LogP contribution in [-0.2, 0) is 13.1 Å². The average molecular weight is 247 g/mol. The molecule has 0 atom stereocenters. The molecule has 0 unspecified atom stereocenters. The van der Waals surface area contributed by atoms with E-state index in [9.17, 15) is 0 Å². The topological polar surface area (TPSA) is 28.2 Å². The minimum atomic E-state index is 0.876. The van der Waals surface area contributed by atoms with Gasteiger partial charge in [0.25, 0.3) is 0 Å². The third-order valence-electron chi connectivity index (χ3n) is 3.68. The van der Waals surface area contributed by atoms with E-state index in [2.05, 4.69) is 42.3 Å². The summed E-state index contributed by atoms with van der Waals surface area (Å²) in [6, 6.07) is 6.37. The van der Waals surface area contributed by atoms with Crippen LogP contribution in [0.2, 0.25) is 0 Å². The highest BCUT2D eigenvalue weighted by Gasteiger charge is 2.15.